The molecule has 3 aromatic rings. The van der Waals surface area contributed by atoms with Crippen molar-refractivity contribution in [3.8, 4) is 0 Å². The molecule has 2 aromatic heterocycles. The van der Waals surface area contributed by atoms with Crippen molar-refractivity contribution >= 4 is 22.6 Å². The average Bonchev–Trinajstić information content (AvgIpc) is 3.07. The van der Waals surface area contributed by atoms with Crippen LogP contribution in [0.1, 0.15) is 18.7 Å². The van der Waals surface area contributed by atoms with Crippen LogP contribution in [0.15, 0.2) is 48.9 Å². The fraction of sp³-hybridized carbons (Fsp3) is 0.316. The number of nitrogens with zero attached hydrogens (tertiary/aromatic N) is 4. The van der Waals surface area contributed by atoms with Gasteiger partial charge in [-0.15, -0.1) is 0 Å². The van der Waals surface area contributed by atoms with Gasteiger partial charge in [-0.05, 0) is 31.9 Å². The molecular formula is C19H20N4O2. The third kappa shape index (κ3) is 2.45. The van der Waals surface area contributed by atoms with E-state index in [4.69, 9.17) is 0 Å². The van der Waals surface area contributed by atoms with Crippen LogP contribution in [0.2, 0.25) is 0 Å². The molecule has 1 aliphatic rings. The normalized spacial score (nSPS) is 16.9. The quantitative estimate of drug-likeness (QED) is 0.796. The lowest BCUT2D eigenvalue weighted by Gasteiger charge is -2.41. The van der Waals surface area contributed by atoms with E-state index in [1.807, 2.05) is 42.0 Å². The number of fused-ring (bicyclic) bond motifs is 1. The molecule has 0 aliphatic carbocycles. The first kappa shape index (κ1) is 15.6. The number of aromatic nitrogens is 3. The Kier molecular flexibility index (Phi) is 3.67. The SMILES string of the molecule is Cc1nccn1C1(C(=O)O)CCN(c2ccnc3ccccc23)CC1. The molecule has 1 fully saturated rings. The van der Waals surface area contributed by atoms with Crippen LogP contribution in [0.4, 0.5) is 5.69 Å². The minimum Gasteiger partial charge on any atom is -0.479 e. The van der Waals surface area contributed by atoms with E-state index in [9.17, 15) is 9.90 Å². The number of aryl methyl sites for hydroxylation is 1. The Hall–Kier alpha value is -2.89. The zero-order chi connectivity index (χ0) is 17.4. The van der Waals surface area contributed by atoms with Crippen LogP contribution >= 0.6 is 0 Å². The van der Waals surface area contributed by atoms with Gasteiger partial charge in [-0.3, -0.25) is 4.98 Å². The Labute approximate surface area is 145 Å². The highest BCUT2D eigenvalue weighted by Crippen LogP contribution is 2.35. The first-order valence-corrected chi connectivity index (χ1v) is 8.44. The molecule has 3 heterocycles. The lowest BCUT2D eigenvalue weighted by Crippen LogP contribution is -2.51. The van der Waals surface area contributed by atoms with E-state index in [1.54, 1.807) is 12.4 Å². The molecule has 0 radical (unpaired) electrons. The number of benzene rings is 1. The maximum Gasteiger partial charge on any atom is 0.330 e. The minimum absolute atomic E-state index is 0.538. The number of para-hydroxylation sites is 1. The van der Waals surface area contributed by atoms with Gasteiger partial charge in [0, 0.05) is 42.8 Å². The Morgan fingerprint density at radius 1 is 1.12 bits per heavy atom. The van der Waals surface area contributed by atoms with E-state index in [-0.39, 0.29) is 0 Å². The minimum atomic E-state index is -0.917. The van der Waals surface area contributed by atoms with E-state index in [0.29, 0.717) is 25.9 Å². The monoisotopic (exact) mass is 336 g/mol. The molecular weight excluding hydrogens is 316 g/mol. The van der Waals surface area contributed by atoms with Crippen LogP contribution in [0, 0.1) is 6.92 Å². The highest BCUT2D eigenvalue weighted by Gasteiger charge is 2.44. The number of carboxylic acids is 1. The molecule has 1 N–H and O–H groups in total. The van der Waals surface area contributed by atoms with E-state index < -0.39 is 11.5 Å². The summed E-state index contributed by atoms with van der Waals surface area (Å²) in [6.07, 6.45) is 6.34. The number of pyridine rings is 1. The van der Waals surface area contributed by atoms with Crippen LogP contribution < -0.4 is 4.90 Å². The van der Waals surface area contributed by atoms with Crippen molar-refractivity contribution in [2.75, 3.05) is 18.0 Å². The van der Waals surface area contributed by atoms with Crippen LogP contribution in [0.5, 0.6) is 0 Å². The second-order valence-corrected chi connectivity index (χ2v) is 6.52. The van der Waals surface area contributed by atoms with Crippen LogP contribution in [-0.2, 0) is 10.3 Å². The smallest absolute Gasteiger partial charge is 0.330 e. The van der Waals surface area contributed by atoms with Crippen molar-refractivity contribution in [3.05, 3.63) is 54.7 Å². The fourth-order valence-corrected chi connectivity index (χ4v) is 3.86. The summed E-state index contributed by atoms with van der Waals surface area (Å²) in [5.74, 6) is -0.0435. The number of aliphatic carboxylic acids is 1. The summed E-state index contributed by atoms with van der Waals surface area (Å²) in [5.41, 5.74) is 1.16. The molecule has 6 nitrogen and oxygen atoms in total. The highest BCUT2D eigenvalue weighted by atomic mass is 16.4. The number of piperidine rings is 1. The predicted molar refractivity (Wildman–Crippen MR) is 95.8 cm³/mol. The number of hydrogen-bond donors (Lipinski definition) is 1. The molecule has 6 heteroatoms. The van der Waals surface area contributed by atoms with Crippen molar-refractivity contribution in [2.24, 2.45) is 0 Å². The maximum atomic E-state index is 12.1. The molecule has 128 valence electrons. The molecule has 1 aromatic carbocycles. The van der Waals surface area contributed by atoms with Gasteiger partial charge in [0.1, 0.15) is 11.4 Å². The summed E-state index contributed by atoms with van der Waals surface area (Å²) < 4.78 is 1.82. The summed E-state index contributed by atoms with van der Waals surface area (Å²) in [4.78, 5) is 23.0. The zero-order valence-corrected chi connectivity index (χ0v) is 14.1. The second-order valence-electron chi connectivity index (χ2n) is 6.52. The number of carbonyl (C=O) groups is 1. The molecule has 0 spiro atoms. The molecule has 0 unspecified atom stereocenters. The lowest BCUT2D eigenvalue weighted by atomic mass is 9.86. The number of carboxylic acid groups (broad SMARTS) is 1. The van der Waals surface area contributed by atoms with Gasteiger partial charge in [0.05, 0.1) is 5.52 Å². The van der Waals surface area contributed by atoms with Gasteiger partial charge in [0.2, 0.25) is 0 Å². The van der Waals surface area contributed by atoms with Gasteiger partial charge < -0.3 is 14.6 Å². The summed E-state index contributed by atoms with van der Waals surface area (Å²) >= 11 is 0. The van der Waals surface area contributed by atoms with Crippen molar-refractivity contribution < 1.29 is 9.90 Å². The third-order valence-corrected chi connectivity index (χ3v) is 5.24. The molecule has 0 atom stereocenters. The van der Waals surface area contributed by atoms with E-state index in [2.05, 4.69) is 20.9 Å². The Bertz CT molecular complexity index is 921. The lowest BCUT2D eigenvalue weighted by molar-refractivity contribution is -0.149. The largest absolute Gasteiger partial charge is 0.479 e. The van der Waals surface area contributed by atoms with Crippen molar-refractivity contribution in [1.82, 2.24) is 14.5 Å². The molecule has 0 saturated carbocycles. The maximum absolute atomic E-state index is 12.1. The molecule has 25 heavy (non-hydrogen) atoms. The Morgan fingerprint density at radius 3 is 2.56 bits per heavy atom. The molecule has 1 saturated heterocycles. The molecule has 0 amide bonds. The summed E-state index contributed by atoms with van der Waals surface area (Å²) in [6, 6.07) is 10.1. The highest BCUT2D eigenvalue weighted by molar-refractivity contribution is 5.91. The standard InChI is InChI=1S/C19H20N4O2/c1-14-20-10-13-23(14)19(18(24)25)7-11-22(12-8-19)17-6-9-21-16-5-3-2-4-15(16)17/h2-6,9-10,13H,7-8,11-12H2,1H3,(H,24,25). The van der Waals surface area contributed by atoms with Gasteiger partial charge in [0.25, 0.3) is 0 Å². The van der Waals surface area contributed by atoms with Crippen LogP contribution in [-0.4, -0.2) is 38.7 Å². The Morgan fingerprint density at radius 2 is 1.88 bits per heavy atom. The topological polar surface area (TPSA) is 71.2 Å². The molecule has 4 rings (SSSR count). The molecule has 1 aliphatic heterocycles. The van der Waals surface area contributed by atoms with Gasteiger partial charge in [-0.25, -0.2) is 9.78 Å². The number of imidazole rings is 1. The number of hydrogen-bond acceptors (Lipinski definition) is 4. The summed E-state index contributed by atoms with van der Waals surface area (Å²) in [7, 11) is 0. The van der Waals surface area contributed by atoms with Gasteiger partial charge >= 0.3 is 5.97 Å². The van der Waals surface area contributed by atoms with E-state index in [1.165, 1.54) is 0 Å². The van der Waals surface area contributed by atoms with Crippen LogP contribution in [0.3, 0.4) is 0 Å². The zero-order valence-electron chi connectivity index (χ0n) is 14.1. The van der Waals surface area contributed by atoms with Gasteiger partial charge in [-0.1, -0.05) is 18.2 Å². The van der Waals surface area contributed by atoms with Gasteiger partial charge in [0.15, 0.2) is 0 Å². The first-order valence-electron chi connectivity index (χ1n) is 8.44. The van der Waals surface area contributed by atoms with Gasteiger partial charge in [-0.2, -0.15) is 0 Å². The number of anilines is 1. The fourth-order valence-electron chi connectivity index (χ4n) is 3.86. The van der Waals surface area contributed by atoms with Crippen molar-refractivity contribution in [1.29, 1.82) is 0 Å². The summed E-state index contributed by atoms with van der Waals surface area (Å²) in [5, 5.41) is 11.0. The summed E-state index contributed by atoms with van der Waals surface area (Å²) in [6.45, 7) is 3.21. The molecule has 0 bridgehead atoms. The van der Waals surface area contributed by atoms with E-state index >= 15 is 0 Å². The predicted octanol–water partition coefficient (Wildman–Crippen LogP) is 2.82. The second kappa shape index (κ2) is 5.88. The number of rotatable bonds is 3. The first-order chi connectivity index (χ1) is 12.1. The average molecular weight is 336 g/mol. The van der Waals surface area contributed by atoms with Crippen molar-refractivity contribution in [3.63, 3.8) is 0 Å². The van der Waals surface area contributed by atoms with Crippen molar-refractivity contribution in [2.45, 2.75) is 25.3 Å². The van der Waals surface area contributed by atoms with E-state index in [0.717, 1.165) is 22.4 Å². The third-order valence-electron chi connectivity index (χ3n) is 5.24. The van der Waals surface area contributed by atoms with Crippen LogP contribution in [0.25, 0.3) is 10.9 Å². The Balaban J connectivity index is 1.66.